The average Bonchev–Trinajstić information content (AvgIpc) is 2.88. The van der Waals surface area contributed by atoms with Crippen molar-refractivity contribution in [1.82, 2.24) is 5.32 Å². The Morgan fingerprint density at radius 1 is 1.38 bits per heavy atom. The lowest BCUT2D eigenvalue weighted by molar-refractivity contribution is -0.167. The van der Waals surface area contributed by atoms with Crippen LogP contribution in [0, 0.1) is 0 Å². The minimum atomic E-state index is -4.52. The average molecular weight is 343 g/mol. The van der Waals surface area contributed by atoms with E-state index in [2.05, 4.69) is 11.9 Å². The minimum Gasteiger partial charge on any atom is -0.453 e. The Kier molecular flexibility index (Phi) is 4.70. The molecule has 5 nitrogen and oxygen atoms in total. The van der Waals surface area contributed by atoms with Gasteiger partial charge in [0.25, 0.3) is 5.91 Å². The Hall–Kier alpha value is -2.35. The molecule has 130 valence electrons. The number of nitrogens with one attached hydrogen (secondary N) is 1. The van der Waals surface area contributed by atoms with E-state index in [-0.39, 0.29) is 5.56 Å². The Morgan fingerprint density at radius 3 is 2.62 bits per heavy atom. The lowest BCUT2D eigenvalue weighted by atomic mass is 10.1. The molecule has 2 atom stereocenters. The number of rotatable bonds is 4. The molecule has 1 N–H and O–H groups in total. The number of benzene rings is 1. The van der Waals surface area contributed by atoms with E-state index in [4.69, 9.17) is 9.47 Å². The predicted octanol–water partition coefficient (Wildman–Crippen LogP) is 2.73. The van der Waals surface area contributed by atoms with Crippen LogP contribution in [0.2, 0.25) is 0 Å². The fourth-order valence-electron chi connectivity index (χ4n) is 1.99. The maximum Gasteiger partial charge on any atom is 0.416 e. The molecule has 1 aromatic carbocycles. The third-order valence-electron chi connectivity index (χ3n) is 3.37. The molecule has 1 aliphatic heterocycles. The summed E-state index contributed by atoms with van der Waals surface area (Å²) in [5.41, 5.74) is -1.80. The van der Waals surface area contributed by atoms with Crippen LogP contribution in [-0.4, -0.2) is 23.6 Å². The molecule has 24 heavy (non-hydrogen) atoms. The second kappa shape index (κ2) is 6.27. The molecule has 2 rings (SSSR count). The fraction of sp³-hybridized carbons (Fsp3) is 0.375. The van der Waals surface area contributed by atoms with Crippen molar-refractivity contribution < 1.29 is 32.2 Å². The number of amides is 1. The van der Waals surface area contributed by atoms with Crippen LogP contribution in [0.25, 0.3) is 0 Å². The van der Waals surface area contributed by atoms with Crippen LogP contribution >= 0.6 is 0 Å². The summed E-state index contributed by atoms with van der Waals surface area (Å²) in [6, 6.07) is 4.31. The van der Waals surface area contributed by atoms with Gasteiger partial charge in [0.1, 0.15) is 5.60 Å². The molecular weight excluding hydrogens is 327 g/mol. The van der Waals surface area contributed by atoms with E-state index in [0.717, 1.165) is 12.1 Å². The first-order valence-electron chi connectivity index (χ1n) is 7.03. The first-order chi connectivity index (χ1) is 11.0. The van der Waals surface area contributed by atoms with Crippen LogP contribution in [-0.2, 0) is 25.2 Å². The highest BCUT2D eigenvalue weighted by atomic mass is 19.4. The number of hydrogen-bond acceptors (Lipinski definition) is 4. The van der Waals surface area contributed by atoms with Gasteiger partial charge in [-0.3, -0.25) is 4.79 Å². The maximum absolute atomic E-state index is 12.7. The lowest BCUT2D eigenvalue weighted by Crippen LogP contribution is -2.37. The van der Waals surface area contributed by atoms with E-state index in [0.29, 0.717) is 0 Å². The van der Waals surface area contributed by atoms with Crippen LogP contribution < -0.4 is 5.32 Å². The van der Waals surface area contributed by atoms with Gasteiger partial charge in [0.05, 0.1) is 5.56 Å². The zero-order chi connectivity index (χ0) is 18.1. The van der Waals surface area contributed by atoms with Crippen molar-refractivity contribution in [3.8, 4) is 0 Å². The predicted molar refractivity (Wildman–Crippen MR) is 77.6 cm³/mol. The third-order valence-corrected chi connectivity index (χ3v) is 3.37. The van der Waals surface area contributed by atoms with Gasteiger partial charge in [-0.25, -0.2) is 4.79 Å². The molecule has 1 amide bonds. The van der Waals surface area contributed by atoms with Gasteiger partial charge in [0.15, 0.2) is 6.23 Å². The van der Waals surface area contributed by atoms with Gasteiger partial charge >= 0.3 is 12.1 Å². The standard InChI is InChI=1S/C16H16F3NO4/c1-4-15(2,3)24-14(22)11-12(21)20-13(23-11)9-6-5-7-10(8-9)16(17,18)19/h4-8,11,13H,1H2,2-3H3,(H,20,21). The van der Waals surface area contributed by atoms with Gasteiger partial charge in [-0.15, -0.1) is 0 Å². The largest absolute Gasteiger partial charge is 0.453 e. The summed E-state index contributed by atoms with van der Waals surface area (Å²) in [6.07, 6.45) is -5.86. The van der Waals surface area contributed by atoms with Crippen molar-refractivity contribution in [2.45, 2.75) is 38.0 Å². The van der Waals surface area contributed by atoms with Gasteiger partial charge < -0.3 is 14.8 Å². The summed E-state index contributed by atoms with van der Waals surface area (Å²) in [4.78, 5) is 23.9. The van der Waals surface area contributed by atoms with Crippen LogP contribution in [0.4, 0.5) is 13.2 Å². The minimum absolute atomic E-state index is 0.0801. The highest BCUT2D eigenvalue weighted by molar-refractivity contribution is 6.02. The Bertz CT molecular complexity index is 670. The maximum atomic E-state index is 12.7. The quantitative estimate of drug-likeness (QED) is 0.519. The van der Waals surface area contributed by atoms with Crippen molar-refractivity contribution in [2.75, 3.05) is 0 Å². The molecule has 8 heteroatoms. The number of hydrogen-bond donors (Lipinski definition) is 1. The molecule has 1 aromatic rings. The number of carbonyl (C=O) groups excluding carboxylic acids is 2. The van der Waals surface area contributed by atoms with Crippen molar-refractivity contribution in [3.05, 3.63) is 48.0 Å². The van der Waals surface area contributed by atoms with E-state index in [1.165, 1.54) is 18.2 Å². The third kappa shape index (κ3) is 3.94. The van der Waals surface area contributed by atoms with Crippen molar-refractivity contribution in [1.29, 1.82) is 0 Å². The molecule has 1 fully saturated rings. The first kappa shape index (κ1) is 18.0. The highest BCUT2D eigenvalue weighted by Gasteiger charge is 2.42. The molecule has 0 aliphatic carbocycles. The van der Waals surface area contributed by atoms with Gasteiger partial charge in [0, 0.05) is 5.56 Å². The summed E-state index contributed by atoms with van der Waals surface area (Å²) < 4.78 is 48.6. The number of alkyl halides is 3. The smallest absolute Gasteiger partial charge is 0.416 e. The molecule has 0 saturated carbocycles. The normalized spacial score (nSPS) is 21.3. The van der Waals surface area contributed by atoms with Crippen LogP contribution in [0.15, 0.2) is 36.9 Å². The monoisotopic (exact) mass is 343 g/mol. The molecule has 1 saturated heterocycles. The van der Waals surface area contributed by atoms with E-state index in [9.17, 15) is 22.8 Å². The number of esters is 1. The Morgan fingerprint density at radius 2 is 2.04 bits per heavy atom. The van der Waals surface area contributed by atoms with Crippen LogP contribution in [0.3, 0.4) is 0 Å². The Labute approximate surface area is 136 Å². The summed E-state index contributed by atoms with van der Waals surface area (Å²) >= 11 is 0. The van der Waals surface area contributed by atoms with E-state index in [1.807, 2.05) is 0 Å². The van der Waals surface area contributed by atoms with Gasteiger partial charge in [-0.1, -0.05) is 18.7 Å². The van der Waals surface area contributed by atoms with Crippen LogP contribution in [0.5, 0.6) is 0 Å². The topological polar surface area (TPSA) is 64.6 Å². The molecule has 0 bridgehead atoms. The van der Waals surface area contributed by atoms with E-state index in [1.54, 1.807) is 13.8 Å². The van der Waals surface area contributed by atoms with Gasteiger partial charge in [0.2, 0.25) is 6.10 Å². The second-order valence-corrected chi connectivity index (χ2v) is 5.76. The number of carbonyl (C=O) groups is 2. The van der Waals surface area contributed by atoms with Gasteiger partial charge in [-0.2, -0.15) is 13.2 Å². The zero-order valence-electron chi connectivity index (χ0n) is 13.0. The Balaban J connectivity index is 2.15. The van der Waals surface area contributed by atoms with E-state index >= 15 is 0 Å². The summed E-state index contributed by atoms with van der Waals surface area (Å²) in [5, 5.41) is 2.33. The lowest BCUT2D eigenvalue weighted by Gasteiger charge is -2.22. The summed E-state index contributed by atoms with van der Waals surface area (Å²) in [6.45, 7) is 6.63. The van der Waals surface area contributed by atoms with Crippen molar-refractivity contribution >= 4 is 11.9 Å². The first-order valence-corrected chi connectivity index (χ1v) is 7.03. The number of ether oxygens (including phenoxy) is 2. The van der Waals surface area contributed by atoms with E-state index < -0.39 is 41.5 Å². The molecule has 2 unspecified atom stereocenters. The molecule has 0 spiro atoms. The SMILES string of the molecule is C=CC(C)(C)OC(=O)C1OC(c2cccc(C(F)(F)F)c2)NC1=O. The van der Waals surface area contributed by atoms with Crippen LogP contribution in [0.1, 0.15) is 31.2 Å². The van der Waals surface area contributed by atoms with Crippen molar-refractivity contribution in [3.63, 3.8) is 0 Å². The second-order valence-electron chi connectivity index (χ2n) is 5.76. The molecule has 1 heterocycles. The molecular formula is C16H16F3NO4. The highest BCUT2D eigenvalue weighted by Crippen LogP contribution is 2.32. The fourth-order valence-corrected chi connectivity index (χ4v) is 1.99. The molecule has 0 aromatic heterocycles. The summed E-state index contributed by atoms with van der Waals surface area (Å²) in [7, 11) is 0. The summed E-state index contributed by atoms with van der Waals surface area (Å²) in [5.74, 6) is -1.71. The van der Waals surface area contributed by atoms with Gasteiger partial charge in [-0.05, 0) is 32.1 Å². The molecule has 1 aliphatic rings. The van der Waals surface area contributed by atoms with Crippen molar-refractivity contribution in [2.24, 2.45) is 0 Å². The molecule has 0 radical (unpaired) electrons. The number of halogens is 3. The zero-order valence-corrected chi connectivity index (χ0v) is 13.0.